The molecule has 0 spiro atoms. The van der Waals surface area contributed by atoms with E-state index >= 15 is 0 Å². The van der Waals surface area contributed by atoms with E-state index in [-0.39, 0.29) is 12.0 Å². The topological polar surface area (TPSA) is 106 Å². The van der Waals surface area contributed by atoms with Gasteiger partial charge in [0.15, 0.2) is 5.65 Å². The lowest BCUT2D eigenvalue weighted by Gasteiger charge is -2.18. The number of halogens is 1. The molecule has 3 heterocycles. The summed E-state index contributed by atoms with van der Waals surface area (Å²) in [7, 11) is 3.55. The lowest BCUT2D eigenvalue weighted by atomic mass is 9.99. The molecule has 32 heavy (non-hydrogen) atoms. The molecule has 0 aromatic carbocycles. The Hall–Kier alpha value is -2.62. The van der Waals surface area contributed by atoms with Crippen molar-refractivity contribution in [3.05, 3.63) is 47.5 Å². The first-order valence-electron chi connectivity index (χ1n) is 10.4. The number of imidazole rings is 1. The molecule has 1 unspecified atom stereocenters. The third kappa shape index (κ3) is 5.59. The number of aryl methyl sites for hydroxylation is 1. The molecule has 10 heteroatoms. The summed E-state index contributed by atoms with van der Waals surface area (Å²) >= 11 is 8.03. The van der Waals surface area contributed by atoms with E-state index < -0.39 is 0 Å². The number of hydrogen-bond acceptors (Lipinski definition) is 8. The van der Waals surface area contributed by atoms with E-state index in [1.807, 2.05) is 29.7 Å². The van der Waals surface area contributed by atoms with Gasteiger partial charge in [0.05, 0.1) is 15.6 Å². The molecule has 3 aromatic rings. The van der Waals surface area contributed by atoms with Crippen LogP contribution >= 0.6 is 23.4 Å². The van der Waals surface area contributed by atoms with Crippen LogP contribution in [0.5, 0.6) is 0 Å². The summed E-state index contributed by atoms with van der Waals surface area (Å²) in [6.45, 7) is 4.79. The fourth-order valence-electron chi connectivity index (χ4n) is 3.17. The Kier molecular flexibility index (Phi) is 8.49. The molecule has 3 aromatic heterocycles. The molecule has 4 N–H and O–H groups in total. The van der Waals surface area contributed by atoms with Gasteiger partial charge in [-0.3, -0.25) is 9.39 Å². The maximum atomic E-state index is 6.50. The van der Waals surface area contributed by atoms with Gasteiger partial charge in [-0.2, -0.15) is 0 Å². The maximum absolute atomic E-state index is 6.50. The van der Waals surface area contributed by atoms with Crippen LogP contribution in [0.2, 0.25) is 5.02 Å². The predicted molar refractivity (Wildman–Crippen MR) is 134 cm³/mol. The highest BCUT2D eigenvalue weighted by Crippen LogP contribution is 2.39. The van der Waals surface area contributed by atoms with Crippen LogP contribution < -0.4 is 16.4 Å². The Labute approximate surface area is 197 Å². The number of anilines is 2. The number of fused-ring (bicyclic) bond motifs is 1. The van der Waals surface area contributed by atoms with E-state index in [9.17, 15) is 0 Å². The minimum atomic E-state index is 0.0356. The quantitative estimate of drug-likeness (QED) is 0.377. The Morgan fingerprint density at radius 2 is 2.16 bits per heavy atom. The lowest BCUT2D eigenvalue weighted by Crippen LogP contribution is -2.29. The summed E-state index contributed by atoms with van der Waals surface area (Å²) in [6, 6.07) is 1.93. The average molecular weight is 473 g/mol. The highest BCUT2D eigenvalue weighted by Gasteiger charge is 2.17. The van der Waals surface area contributed by atoms with E-state index in [1.54, 1.807) is 32.7 Å². The molecule has 170 valence electrons. The lowest BCUT2D eigenvalue weighted by molar-refractivity contribution is 0.515. The van der Waals surface area contributed by atoms with E-state index in [2.05, 4.69) is 38.6 Å². The minimum absolute atomic E-state index is 0.0356. The van der Waals surface area contributed by atoms with Crippen molar-refractivity contribution < 1.29 is 0 Å². The van der Waals surface area contributed by atoms with E-state index in [4.69, 9.17) is 22.3 Å². The van der Waals surface area contributed by atoms with Crippen LogP contribution in [0, 0.1) is 12.8 Å². The second kappa shape index (κ2) is 11.3. The molecular weight excluding hydrogens is 444 g/mol. The number of allylic oxidation sites excluding steroid dienone is 1. The van der Waals surface area contributed by atoms with Crippen LogP contribution in [-0.4, -0.2) is 52.2 Å². The van der Waals surface area contributed by atoms with Gasteiger partial charge in [0.25, 0.3) is 0 Å². The zero-order chi connectivity index (χ0) is 23.1. The first-order valence-corrected chi connectivity index (χ1v) is 11.6. The van der Waals surface area contributed by atoms with Crippen molar-refractivity contribution in [2.24, 2.45) is 16.6 Å². The summed E-state index contributed by atoms with van der Waals surface area (Å²) < 4.78 is 1.95. The molecule has 0 aliphatic rings. The van der Waals surface area contributed by atoms with Crippen LogP contribution in [0.1, 0.15) is 19.0 Å². The standard InChI is InChI=1S/C22H29ClN8S/c1-14(6-5-9-25-3)16(24)7-10-29-22-30-15(2)19(21-28-12-13-31(21)22)32-17-8-11-27-20(26-4)18(17)23/h5-6,8-9,11-14,16H,7,10,24H2,1-4H3,(H,26,27)(H,29,30)/b6-5-,25-9?/t14?,16-/m0/s1. The van der Waals surface area contributed by atoms with Crippen molar-refractivity contribution in [3.63, 3.8) is 0 Å². The summed E-state index contributed by atoms with van der Waals surface area (Å²) in [5.74, 6) is 1.64. The smallest absolute Gasteiger partial charge is 0.208 e. The van der Waals surface area contributed by atoms with Crippen LogP contribution in [0.3, 0.4) is 0 Å². The molecule has 0 aliphatic heterocycles. The number of aromatic nitrogens is 4. The van der Waals surface area contributed by atoms with E-state index in [1.165, 1.54) is 11.8 Å². The minimum Gasteiger partial charge on any atom is -0.372 e. The number of hydrogen-bond donors (Lipinski definition) is 3. The first-order chi connectivity index (χ1) is 15.5. The highest BCUT2D eigenvalue weighted by atomic mass is 35.5. The molecule has 0 bridgehead atoms. The van der Waals surface area contributed by atoms with Gasteiger partial charge in [-0.05, 0) is 31.4 Å². The normalized spacial score (nSPS) is 13.8. The molecule has 8 nitrogen and oxygen atoms in total. The van der Waals surface area contributed by atoms with Gasteiger partial charge in [-0.15, -0.1) is 0 Å². The Balaban J connectivity index is 1.75. The maximum Gasteiger partial charge on any atom is 0.208 e. The number of nitrogens with one attached hydrogen (secondary N) is 2. The monoisotopic (exact) mass is 472 g/mol. The average Bonchev–Trinajstić information content (AvgIpc) is 3.27. The second-order valence-corrected chi connectivity index (χ2v) is 8.76. The van der Waals surface area contributed by atoms with Gasteiger partial charge in [0, 0.05) is 56.4 Å². The van der Waals surface area contributed by atoms with Gasteiger partial charge in [0.2, 0.25) is 5.95 Å². The largest absolute Gasteiger partial charge is 0.372 e. The molecule has 2 atom stereocenters. The van der Waals surface area contributed by atoms with Crippen LogP contribution in [-0.2, 0) is 0 Å². The number of pyridine rings is 1. The van der Waals surface area contributed by atoms with Gasteiger partial charge in [0.1, 0.15) is 5.82 Å². The summed E-state index contributed by atoms with van der Waals surface area (Å²) in [4.78, 5) is 19.4. The number of aliphatic imine (C=N–C) groups is 1. The molecule has 0 radical (unpaired) electrons. The van der Waals surface area contributed by atoms with Crippen LogP contribution in [0.15, 0.2) is 51.6 Å². The van der Waals surface area contributed by atoms with Gasteiger partial charge in [-0.25, -0.2) is 15.0 Å². The molecule has 0 fully saturated rings. The fraction of sp³-hybridized carbons (Fsp3) is 0.364. The van der Waals surface area contributed by atoms with Crippen molar-refractivity contribution in [2.45, 2.75) is 36.1 Å². The number of nitrogens with two attached hydrogens (primary N) is 1. The summed E-state index contributed by atoms with van der Waals surface area (Å²) in [6.07, 6.45) is 12.0. The van der Waals surface area contributed by atoms with Crippen molar-refractivity contribution in [1.29, 1.82) is 0 Å². The SMILES string of the molecule is CN=C/C=C\C(C)[C@@H](N)CCNc1nc(C)c(Sc2ccnc(NC)c2Cl)c2nccn12. The zero-order valence-corrected chi connectivity index (χ0v) is 20.3. The third-order valence-electron chi connectivity index (χ3n) is 5.06. The molecule has 3 rings (SSSR count). The number of rotatable bonds is 10. The van der Waals surface area contributed by atoms with Crippen LogP contribution in [0.4, 0.5) is 11.8 Å². The predicted octanol–water partition coefficient (Wildman–Crippen LogP) is 4.30. The number of nitrogens with zero attached hydrogens (tertiary/aromatic N) is 5. The van der Waals surface area contributed by atoms with Crippen LogP contribution in [0.25, 0.3) is 5.65 Å². The van der Waals surface area contributed by atoms with E-state index in [0.717, 1.165) is 33.5 Å². The third-order valence-corrected chi connectivity index (χ3v) is 6.80. The molecular formula is C22H29ClN8S. The molecule has 0 aliphatic carbocycles. The zero-order valence-electron chi connectivity index (χ0n) is 18.7. The Morgan fingerprint density at radius 3 is 2.91 bits per heavy atom. The summed E-state index contributed by atoms with van der Waals surface area (Å²) in [5.41, 5.74) is 8.03. The molecule has 0 amide bonds. The molecule has 0 saturated carbocycles. The van der Waals surface area contributed by atoms with Crippen molar-refractivity contribution in [2.75, 3.05) is 31.3 Å². The van der Waals surface area contributed by atoms with Gasteiger partial charge < -0.3 is 16.4 Å². The highest BCUT2D eigenvalue weighted by molar-refractivity contribution is 7.99. The first kappa shape index (κ1) is 24.0. The summed E-state index contributed by atoms with van der Waals surface area (Å²) in [5, 5.41) is 7.00. The fourth-order valence-corrected chi connectivity index (χ4v) is 4.46. The van der Waals surface area contributed by atoms with E-state index in [0.29, 0.717) is 17.4 Å². The Bertz CT molecular complexity index is 1110. The second-order valence-electron chi connectivity index (χ2n) is 7.33. The van der Waals surface area contributed by atoms with Gasteiger partial charge >= 0.3 is 0 Å². The van der Waals surface area contributed by atoms with Crippen molar-refractivity contribution >= 4 is 47.0 Å². The Morgan fingerprint density at radius 1 is 1.34 bits per heavy atom. The van der Waals surface area contributed by atoms with Crippen molar-refractivity contribution in [3.8, 4) is 0 Å². The van der Waals surface area contributed by atoms with Gasteiger partial charge in [-0.1, -0.05) is 36.4 Å². The van der Waals surface area contributed by atoms with Crippen molar-refractivity contribution in [1.82, 2.24) is 19.4 Å². The molecule has 0 saturated heterocycles.